The van der Waals surface area contributed by atoms with Crippen LogP contribution in [0.25, 0.3) is 0 Å². The van der Waals surface area contributed by atoms with Gasteiger partial charge in [-0.1, -0.05) is 6.10 Å². The van der Waals surface area contributed by atoms with E-state index >= 15 is 0 Å². The van der Waals surface area contributed by atoms with Crippen LogP contribution < -0.4 is 10.0 Å². The highest BCUT2D eigenvalue weighted by Crippen LogP contribution is 2.53. The van der Waals surface area contributed by atoms with Crippen LogP contribution in [0.3, 0.4) is 0 Å². The Labute approximate surface area is 156 Å². The molecule has 6 heteroatoms. The minimum Gasteiger partial charge on any atom is -0.850 e. The Balaban J connectivity index is 1.72. The maximum absolute atomic E-state index is 13.5. The SMILES string of the molecule is COC1CC2C(=O)C3C4C(CC[NH+]3C)CC(OC)C([O-])C4C2CC1OC. The number of quaternary nitrogens is 1. The number of likely N-dealkylation sites (tertiary alicyclic amines) is 1. The molecule has 4 aliphatic rings. The minimum atomic E-state index is -0.744. The number of ether oxygens (including phenoxy) is 3. The fraction of sp³-hybridized carbons (Fsp3) is 0.950. The van der Waals surface area contributed by atoms with Gasteiger partial charge in [0.2, 0.25) is 0 Å². The number of Topliss-reactive ketones (excluding diaryl/α,β-unsaturated/α-hetero) is 1. The van der Waals surface area contributed by atoms with Crippen LogP contribution in [0.1, 0.15) is 25.7 Å². The van der Waals surface area contributed by atoms with Crippen LogP contribution in [0, 0.1) is 29.6 Å². The Bertz CT molecular complexity index is 542. The van der Waals surface area contributed by atoms with E-state index in [-0.39, 0.29) is 48.0 Å². The van der Waals surface area contributed by atoms with Gasteiger partial charge in [-0.3, -0.25) is 4.79 Å². The third kappa shape index (κ3) is 2.68. The molecule has 26 heavy (non-hydrogen) atoms. The molecule has 0 bridgehead atoms. The molecule has 1 aliphatic heterocycles. The topological polar surface area (TPSA) is 72.3 Å². The Morgan fingerprint density at radius 1 is 0.962 bits per heavy atom. The number of ketones is 1. The average molecular weight is 367 g/mol. The van der Waals surface area contributed by atoms with E-state index in [4.69, 9.17) is 14.2 Å². The molecule has 6 nitrogen and oxygen atoms in total. The Hall–Kier alpha value is -0.530. The van der Waals surface area contributed by atoms with E-state index in [1.54, 1.807) is 21.3 Å². The van der Waals surface area contributed by atoms with Crippen molar-refractivity contribution in [1.29, 1.82) is 0 Å². The van der Waals surface area contributed by atoms with Crippen LogP contribution in [0.2, 0.25) is 0 Å². The number of rotatable bonds is 3. The van der Waals surface area contributed by atoms with Crippen molar-refractivity contribution in [2.45, 2.75) is 56.1 Å². The third-order valence-electron chi connectivity index (χ3n) is 8.09. The normalized spacial score (nSPS) is 53.7. The summed E-state index contributed by atoms with van der Waals surface area (Å²) < 4.78 is 16.9. The van der Waals surface area contributed by atoms with E-state index in [2.05, 4.69) is 7.05 Å². The highest BCUT2D eigenvalue weighted by Gasteiger charge is 2.62. The van der Waals surface area contributed by atoms with Gasteiger partial charge in [0.25, 0.3) is 0 Å². The number of carbonyl (C=O) groups excluding carboxylic acids is 1. The molecule has 0 aromatic carbocycles. The molecule has 0 aromatic heterocycles. The molecule has 11 atom stereocenters. The number of nitrogens with one attached hydrogen (secondary N) is 1. The number of piperidine rings is 1. The van der Waals surface area contributed by atoms with Gasteiger partial charge in [0.05, 0.1) is 25.8 Å². The van der Waals surface area contributed by atoms with Gasteiger partial charge in [0.15, 0.2) is 5.78 Å². The van der Waals surface area contributed by atoms with E-state index in [1.807, 2.05) is 0 Å². The molecule has 0 amide bonds. The highest BCUT2D eigenvalue weighted by atomic mass is 16.5. The number of likely N-dealkylation sites (N-methyl/N-ethyl adjacent to an activating group) is 1. The first-order chi connectivity index (χ1) is 12.5. The monoisotopic (exact) mass is 367 g/mol. The summed E-state index contributed by atoms with van der Waals surface area (Å²) in [5, 5.41) is 13.4. The predicted octanol–water partition coefficient (Wildman–Crippen LogP) is -1.09. The Morgan fingerprint density at radius 3 is 2.27 bits per heavy atom. The van der Waals surface area contributed by atoms with Crippen molar-refractivity contribution in [3.8, 4) is 0 Å². The summed E-state index contributed by atoms with van der Waals surface area (Å²) in [6.45, 7) is 1.01. The molecule has 1 heterocycles. The molecule has 0 spiro atoms. The minimum absolute atomic E-state index is 0.0112. The van der Waals surface area contributed by atoms with Crippen molar-refractivity contribution in [2.24, 2.45) is 29.6 Å². The van der Waals surface area contributed by atoms with Crippen molar-refractivity contribution >= 4 is 5.78 Å². The standard InChI is InChI=1S/C20H32NO5/c1-21-6-5-10-7-15(26-4)20(23)17-11-8-13(24-2)14(25-3)9-12(11)19(22)18(21)16(10)17/h10-18,20H,5-9H2,1-4H3/q-1/p+1. The summed E-state index contributed by atoms with van der Waals surface area (Å²) >= 11 is 0. The first-order valence-corrected chi connectivity index (χ1v) is 10.1. The van der Waals surface area contributed by atoms with Crippen molar-refractivity contribution < 1.29 is 29.0 Å². The van der Waals surface area contributed by atoms with Crippen molar-refractivity contribution in [2.75, 3.05) is 34.9 Å². The van der Waals surface area contributed by atoms with Gasteiger partial charge < -0.3 is 24.2 Å². The van der Waals surface area contributed by atoms with Crippen LogP contribution in [-0.4, -0.2) is 71.2 Å². The molecule has 4 rings (SSSR count). The fourth-order valence-corrected chi connectivity index (χ4v) is 6.90. The summed E-state index contributed by atoms with van der Waals surface area (Å²) in [6.07, 6.45) is 2.27. The Morgan fingerprint density at radius 2 is 1.62 bits per heavy atom. The number of methoxy groups -OCH3 is 3. The van der Waals surface area contributed by atoms with Gasteiger partial charge >= 0.3 is 0 Å². The maximum atomic E-state index is 13.5. The molecule has 0 radical (unpaired) electrons. The van der Waals surface area contributed by atoms with E-state index in [0.717, 1.165) is 25.8 Å². The first kappa shape index (κ1) is 18.8. The number of hydrogen-bond donors (Lipinski definition) is 1. The lowest BCUT2D eigenvalue weighted by Gasteiger charge is -2.62. The second-order valence-corrected chi connectivity index (χ2v) is 8.94. The van der Waals surface area contributed by atoms with E-state index in [9.17, 15) is 9.90 Å². The molecule has 3 aliphatic carbocycles. The summed E-state index contributed by atoms with van der Waals surface area (Å²) in [4.78, 5) is 14.8. The fourth-order valence-electron chi connectivity index (χ4n) is 6.90. The molecule has 0 aromatic rings. The van der Waals surface area contributed by atoms with Crippen LogP contribution in [-0.2, 0) is 19.0 Å². The number of fused-ring (bicyclic) bond motifs is 2. The molecule has 148 valence electrons. The molecule has 4 fully saturated rings. The van der Waals surface area contributed by atoms with Gasteiger partial charge in [0.1, 0.15) is 6.04 Å². The summed E-state index contributed by atoms with van der Waals surface area (Å²) in [6, 6.07) is -0.0224. The quantitative estimate of drug-likeness (QED) is 0.686. The smallest absolute Gasteiger partial charge is 0.193 e. The number of carbonyl (C=O) groups is 1. The lowest BCUT2D eigenvalue weighted by atomic mass is 9.50. The zero-order valence-corrected chi connectivity index (χ0v) is 16.4. The number of hydrogen-bond acceptors (Lipinski definition) is 5. The maximum Gasteiger partial charge on any atom is 0.193 e. The van der Waals surface area contributed by atoms with E-state index in [1.165, 1.54) is 4.90 Å². The van der Waals surface area contributed by atoms with Gasteiger partial charge in [0, 0.05) is 39.3 Å². The van der Waals surface area contributed by atoms with Gasteiger partial charge in [-0.05, 0) is 43.4 Å². The summed E-state index contributed by atoms with van der Waals surface area (Å²) in [5.41, 5.74) is 0. The van der Waals surface area contributed by atoms with Crippen LogP contribution in [0.5, 0.6) is 0 Å². The molecule has 11 unspecified atom stereocenters. The van der Waals surface area contributed by atoms with E-state index in [0.29, 0.717) is 18.1 Å². The largest absolute Gasteiger partial charge is 0.850 e. The summed E-state index contributed by atoms with van der Waals surface area (Å²) in [5.74, 6) is 1.07. The van der Waals surface area contributed by atoms with Crippen LogP contribution in [0.4, 0.5) is 0 Å². The second kappa shape index (κ2) is 7.13. The zero-order chi connectivity index (χ0) is 18.6. The van der Waals surface area contributed by atoms with Gasteiger partial charge in [-0.15, -0.1) is 0 Å². The molecule has 1 saturated heterocycles. The molecule has 3 saturated carbocycles. The van der Waals surface area contributed by atoms with Crippen molar-refractivity contribution in [3.05, 3.63) is 0 Å². The highest BCUT2D eigenvalue weighted by molar-refractivity contribution is 5.87. The van der Waals surface area contributed by atoms with Crippen molar-refractivity contribution in [3.63, 3.8) is 0 Å². The molecular weight excluding hydrogens is 334 g/mol. The lowest BCUT2D eigenvalue weighted by Crippen LogP contribution is -3.17. The Kier molecular flexibility index (Phi) is 5.16. The molecular formula is C20H33NO5. The van der Waals surface area contributed by atoms with Gasteiger partial charge in [-0.25, -0.2) is 0 Å². The predicted molar refractivity (Wildman–Crippen MR) is 92.6 cm³/mol. The zero-order valence-electron chi connectivity index (χ0n) is 16.4. The molecule has 1 N–H and O–H groups in total. The van der Waals surface area contributed by atoms with Gasteiger partial charge in [-0.2, -0.15) is 0 Å². The van der Waals surface area contributed by atoms with Crippen LogP contribution in [0.15, 0.2) is 0 Å². The first-order valence-electron chi connectivity index (χ1n) is 10.1. The summed E-state index contributed by atoms with van der Waals surface area (Å²) in [7, 11) is 7.20. The second-order valence-electron chi connectivity index (χ2n) is 8.94. The van der Waals surface area contributed by atoms with Crippen LogP contribution >= 0.6 is 0 Å². The average Bonchev–Trinajstić information content (AvgIpc) is 2.66. The van der Waals surface area contributed by atoms with Crippen molar-refractivity contribution in [1.82, 2.24) is 0 Å². The van der Waals surface area contributed by atoms with E-state index < -0.39 is 6.10 Å². The third-order valence-corrected chi connectivity index (χ3v) is 8.09. The lowest BCUT2D eigenvalue weighted by molar-refractivity contribution is -0.910.